The molecule has 4 nitrogen and oxygen atoms in total. The summed E-state index contributed by atoms with van der Waals surface area (Å²) in [6.45, 7) is 1.89. The largest absolute Gasteiger partial charge is 0.394 e. The fourth-order valence-electron chi connectivity index (χ4n) is 1.86. The van der Waals surface area contributed by atoms with Gasteiger partial charge in [0.15, 0.2) is 0 Å². The molecule has 0 saturated heterocycles. The summed E-state index contributed by atoms with van der Waals surface area (Å²) >= 11 is 0. The van der Waals surface area contributed by atoms with Crippen LogP contribution in [-0.4, -0.2) is 28.2 Å². The third-order valence-electron chi connectivity index (χ3n) is 3.06. The number of benzene rings is 1. The lowest BCUT2D eigenvalue weighted by Crippen LogP contribution is -2.36. The number of nitrogens with one attached hydrogen (secondary N) is 1. The Balaban J connectivity index is 2.17. The zero-order valence-electron chi connectivity index (χ0n) is 10.9. The quantitative estimate of drug-likeness (QED) is 0.861. The highest BCUT2D eigenvalue weighted by Gasteiger charge is 2.11. The minimum absolute atomic E-state index is 0.0421. The van der Waals surface area contributed by atoms with Crippen molar-refractivity contribution in [2.75, 3.05) is 6.61 Å². The van der Waals surface area contributed by atoms with Gasteiger partial charge < -0.3 is 15.0 Å². The summed E-state index contributed by atoms with van der Waals surface area (Å²) in [5.41, 5.74) is 1.53. The minimum Gasteiger partial charge on any atom is -0.394 e. The summed E-state index contributed by atoms with van der Waals surface area (Å²) < 4.78 is 1.94. The van der Waals surface area contributed by atoms with Gasteiger partial charge in [0.1, 0.15) is 0 Å². The average molecular weight is 258 g/mol. The van der Waals surface area contributed by atoms with Crippen molar-refractivity contribution in [3.05, 3.63) is 54.4 Å². The number of amides is 1. The summed E-state index contributed by atoms with van der Waals surface area (Å²) in [6, 6.07) is 11.1. The van der Waals surface area contributed by atoms with Gasteiger partial charge in [0, 0.05) is 23.6 Å². The van der Waals surface area contributed by atoms with Crippen LogP contribution in [0.25, 0.3) is 5.69 Å². The van der Waals surface area contributed by atoms with Crippen molar-refractivity contribution in [3.8, 4) is 5.69 Å². The first-order valence-corrected chi connectivity index (χ1v) is 6.39. The number of hydrogen-bond donors (Lipinski definition) is 2. The van der Waals surface area contributed by atoms with Gasteiger partial charge >= 0.3 is 0 Å². The molecule has 0 aliphatic rings. The molecule has 100 valence electrons. The molecule has 0 fully saturated rings. The molecule has 1 atom stereocenters. The van der Waals surface area contributed by atoms with Gasteiger partial charge in [-0.3, -0.25) is 4.79 Å². The van der Waals surface area contributed by atoms with E-state index in [0.717, 1.165) is 5.69 Å². The molecular weight excluding hydrogens is 240 g/mol. The van der Waals surface area contributed by atoms with Crippen LogP contribution in [0.15, 0.2) is 48.8 Å². The number of hydrogen-bond acceptors (Lipinski definition) is 2. The average Bonchev–Trinajstić information content (AvgIpc) is 2.99. The molecule has 19 heavy (non-hydrogen) atoms. The number of carbonyl (C=O) groups is 1. The fraction of sp³-hybridized carbons (Fsp3) is 0.267. The van der Waals surface area contributed by atoms with Crippen LogP contribution in [0.2, 0.25) is 0 Å². The van der Waals surface area contributed by atoms with Crippen LogP contribution in [0.1, 0.15) is 23.7 Å². The summed E-state index contributed by atoms with van der Waals surface area (Å²) in [4.78, 5) is 12.1. The lowest BCUT2D eigenvalue weighted by atomic mass is 10.1. The van der Waals surface area contributed by atoms with E-state index in [1.54, 1.807) is 6.07 Å². The molecule has 0 spiro atoms. The van der Waals surface area contributed by atoms with Crippen LogP contribution >= 0.6 is 0 Å². The van der Waals surface area contributed by atoms with Crippen LogP contribution in [0, 0.1) is 0 Å². The number of nitrogens with zero attached hydrogens (tertiary/aromatic N) is 1. The summed E-state index contributed by atoms with van der Waals surface area (Å²) in [5.74, 6) is -0.157. The van der Waals surface area contributed by atoms with Crippen molar-refractivity contribution in [1.29, 1.82) is 0 Å². The molecule has 0 aliphatic carbocycles. The third kappa shape index (κ3) is 3.23. The second kappa shape index (κ2) is 6.20. The Bertz CT molecular complexity index is 531. The van der Waals surface area contributed by atoms with Crippen LogP contribution in [0.3, 0.4) is 0 Å². The molecule has 1 amide bonds. The summed E-state index contributed by atoms with van der Waals surface area (Å²) in [5, 5.41) is 11.9. The van der Waals surface area contributed by atoms with Gasteiger partial charge in [-0.2, -0.15) is 0 Å². The predicted molar refractivity (Wildman–Crippen MR) is 74.4 cm³/mol. The van der Waals surface area contributed by atoms with E-state index in [1.807, 2.05) is 54.2 Å². The molecular formula is C15H18N2O2. The first-order valence-electron chi connectivity index (χ1n) is 6.39. The van der Waals surface area contributed by atoms with Gasteiger partial charge in [-0.25, -0.2) is 0 Å². The summed E-state index contributed by atoms with van der Waals surface area (Å²) in [6.07, 6.45) is 4.57. The van der Waals surface area contributed by atoms with E-state index in [9.17, 15) is 4.79 Å². The van der Waals surface area contributed by atoms with Crippen LogP contribution in [0.5, 0.6) is 0 Å². The van der Waals surface area contributed by atoms with Gasteiger partial charge in [-0.05, 0) is 36.8 Å². The van der Waals surface area contributed by atoms with E-state index in [-0.39, 0.29) is 18.6 Å². The van der Waals surface area contributed by atoms with Gasteiger partial charge in [-0.1, -0.05) is 13.0 Å². The monoisotopic (exact) mass is 258 g/mol. The lowest BCUT2D eigenvalue weighted by molar-refractivity contribution is 0.0915. The number of aliphatic hydroxyl groups excluding tert-OH is 1. The van der Waals surface area contributed by atoms with Crippen molar-refractivity contribution in [1.82, 2.24) is 9.88 Å². The number of aromatic nitrogens is 1. The molecule has 0 aliphatic heterocycles. The smallest absolute Gasteiger partial charge is 0.251 e. The zero-order chi connectivity index (χ0) is 13.7. The molecule has 0 unspecified atom stereocenters. The van der Waals surface area contributed by atoms with Crippen LogP contribution < -0.4 is 5.32 Å². The van der Waals surface area contributed by atoms with Crippen molar-refractivity contribution >= 4 is 5.91 Å². The van der Waals surface area contributed by atoms with Crippen molar-refractivity contribution < 1.29 is 9.90 Å². The number of carbonyl (C=O) groups excluding carboxylic acids is 1. The lowest BCUT2D eigenvalue weighted by Gasteiger charge is -2.14. The van der Waals surface area contributed by atoms with E-state index in [0.29, 0.717) is 12.0 Å². The van der Waals surface area contributed by atoms with E-state index in [1.165, 1.54) is 0 Å². The fourth-order valence-corrected chi connectivity index (χ4v) is 1.86. The number of aliphatic hydroxyl groups is 1. The Morgan fingerprint density at radius 3 is 2.68 bits per heavy atom. The zero-order valence-corrected chi connectivity index (χ0v) is 10.9. The molecule has 0 saturated carbocycles. The molecule has 0 bridgehead atoms. The Kier molecular flexibility index (Phi) is 4.36. The first-order chi connectivity index (χ1) is 9.24. The van der Waals surface area contributed by atoms with Crippen LogP contribution in [-0.2, 0) is 0 Å². The molecule has 0 radical (unpaired) electrons. The second-order valence-corrected chi connectivity index (χ2v) is 4.40. The van der Waals surface area contributed by atoms with Gasteiger partial charge in [-0.15, -0.1) is 0 Å². The number of rotatable bonds is 5. The van der Waals surface area contributed by atoms with E-state index < -0.39 is 0 Å². The molecule has 2 N–H and O–H groups in total. The molecule has 2 rings (SSSR count). The normalized spacial score (nSPS) is 12.1. The first kappa shape index (κ1) is 13.4. The minimum atomic E-state index is -0.192. The maximum Gasteiger partial charge on any atom is 0.251 e. The highest BCUT2D eigenvalue weighted by atomic mass is 16.3. The molecule has 1 heterocycles. The Morgan fingerprint density at radius 2 is 2.05 bits per heavy atom. The highest BCUT2D eigenvalue weighted by Crippen LogP contribution is 2.11. The molecule has 2 aromatic rings. The molecule has 4 heteroatoms. The second-order valence-electron chi connectivity index (χ2n) is 4.40. The maximum absolute atomic E-state index is 12.1. The third-order valence-corrected chi connectivity index (χ3v) is 3.06. The van der Waals surface area contributed by atoms with Crippen LogP contribution in [0.4, 0.5) is 0 Å². The topological polar surface area (TPSA) is 54.3 Å². The molecule has 1 aromatic carbocycles. The Labute approximate surface area is 112 Å². The van der Waals surface area contributed by atoms with Crippen molar-refractivity contribution in [2.24, 2.45) is 0 Å². The summed E-state index contributed by atoms with van der Waals surface area (Å²) in [7, 11) is 0. The van der Waals surface area contributed by atoms with E-state index in [4.69, 9.17) is 5.11 Å². The standard InChI is InChI=1S/C15H18N2O2/c1-2-13(11-18)16-15(19)12-6-5-7-14(10-12)17-8-3-4-9-17/h3-10,13,18H,2,11H2,1H3,(H,16,19)/t13-/m0/s1. The van der Waals surface area contributed by atoms with E-state index in [2.05, 4.69) is 5.32 Å². The van der Waals surface area contributed by atoms with Gasteiger partial charge in [0.05, 0.1) is 12.6 Å². The van der Waals surface area contributed by atoms with Crippen molar-refractivity contribution in [2.45, 2.75) is 19.4 Å². The Morgan fingerprint density at radius 1 is 1.32 bits per heavy atom. The Hall–Kier alpha value is -2.07. The highest BCUT2D eigenvalue weighted by molar-refractivity contribution is 5.94. The van der Waals surface area contributed by atoms with Gasteiger partial charge in [0.2, 0.25) is 0 Å². The molecule has 1 aromatic heterocycles. The van der Waals surface area contributed by atoms with Gasteiger partial charge in [0.25, 0.3) is 5.91 Å². The predicted octanol–water partition coefficient (Wildman–Crippen LogP) is 1.98. The van der Waals surface area contributed by atoms with Crippen molar-refractivity contribution in [3.63, 3.8) is 0 Å². The maximum atomic E-state index is 12.1. The van der Waals surface area contributed by atoms with E-state index >= 15 is 0 Å². The SMILES string of the molecule is CC[C@@H](CO)NC(=O)c1cccc(-n2cccc2)c1.